The highest BCUT2D eigenvalue weighted by molar-refractivity contribution is 6.09. The lowest BCUT2D eigenvalue weighted by Crippen LogP contribution is -2.47. The number of imide groups is 1. The smallest absolute Gasteiger partial charge is 0.325 e. The number of nitrogens with zero attached hydrogens (tertiary/aromatic N) is 1. The molecule has 1 fully saturated rings. The summed E-state index contributed by atoms with van der Waals surface area (Å²) in [6, 6.07) is 18.1. The number of carbonyl (C=O) groups excluding carboxylic acids is 3. The van der Waals surface area contributed by atoms with Gasteiger partial charge >= 0.3 is 6.03 Å². The van der Waals surface area contributed by atoms with Crippen LogP contribution in [0.5, 0.6) is 0 Å². The molecule has 3 rings (SSSR count). The van der Waals surface area contributed by atoms with E-state index in [1.807, 2.05) is 81.4 Å². The molecule has 0 saturated carbocycles. The first kappa shape index (κ1) is 20.6. The highest BCUT2D eigenvalue weighted by Crippen LogP contribution is 2.32. The molecule has 2 aromatic rings. The van der Waals surface area contributed by atoms with Gasteiger partial charge in [-0.15, -0.1) is 0 Å². The number of benzene rings is 2. The first-order valence-corrected chi connectivity index (χ1v) is 9.86. The fraction of sp³-hybridized carbons (Fsp3) is 0.348. The van der Waals surface area contributed by atoms with Crippen LogP contribution in [0.15, 0.2) is 60.7 Å². The number of urea groups is 1. The Kier molecular flexibility index (Phi) is 6.01. The molecule has 1 heterocycles. The molecule has 0 spiro atoms. The maximum Gasteiger partial charge on any atom is 0.325 e. The largest absolute Gasteiger partial charge is 0.352 e. The average Bonchev–Trinajstić information content (AvgIpc) is 2.94. The summed E-state index contributed by atoms with van der Waals surface area (Å²) in [4.78, 5) is 39.6. The molecule has 1 aliphatic rings. The summed E-state index contributed by atoms with van der Waals surface area (Å²) in [5, 5.41) is 5.72. The van der Waals surface area contributed by atoms with Crippen molar-refractivity contribution in [2.45, 2.75) is 38.8 Å². The van der Waals surface area contributed by atoms with Gasteiger partial charge in [-0.25, -0.2) is 4.79 Å². The Balaban J connectivity index is 1.89. The van der Waals surface area contributed by atoms with E-state index >= 15 is 0 Å². The molecule has 0 aliphatic carbocycles. The second kappa shape index (κ2) is 8.47. The summed E-state index contributed by atoms with van der Waals surface area (Å²) >= 11 is 0. The van der Waals surface area contributed by atoms with Crippen LogP contribution in [-0.4, -0.2) is 35.3 Å². The van der Waals surface area contributed by atoms with Crippen LogP contribution in [0.3, 0.4) is 0 Å². The Hall–Kier alpha value is -3.15. The van der Waals surface area contributed by atoms with Crippen LogP contribution in [0.2, 0.25) is 0 Å². The lowest BCUT2D eigenvalue weighted by atomic mass is 9.83. The molecule has 0 radical (unpaired) electrons. The van der Waals surface area contributed by atoms with Gasteiger partial charge in [-0.2, -0.15) is 0 Å². The van der Waals surface area contributed by atoms with Crippen molar-refractivity contribution in [1.29, 1.82) is 0 Å². The van der Waals surface area contributed by atoms with Gasteiger partial charge in [-0.05, 0) is 24.0 Å². The van der Waals surface area contributed by atoms with Gasteiger partial charge in [-0.3, -0.25) is 14.5 Å². The Bertz CT molecular complexity index is 883. The van der Waals surface area contributed by atoms with Crippen molar-refractivity contribution >= 4 is 17.8 Å². The molecule has 2 N–H and O–H groups in total. The quantitative estimate of drug-likeness (QED) is 0.710. The van der Waals surface area contributed by atoms with Crippen molar-refractivity contribution in [2.75, 3.05) is 6.54 Å². The van der Waals surface area contributed by atoms with E-state index in [0.717, 1.165) is 10.5 Å². The van der Waals surface area contributed by atoms with Gasteiger partial charge in [0.2, 0.25) is 5.91 Å². The molecular weight excluding hydrogens is 366 g/mol. The number of hydrogen-bond donors (Lipinski definition) is 2. The zero-order valence-electron chi connectivity index (χ0n) is 17.0. The summed E-state index contributed by atoms with van der Waals surface area (Å²) in [6.45, 7) is 5.60. The average molecular weight is 393 g/mol. The second-order valence-corrected chi connectivity index (χ2v) is 7.86. The van der Waals surface area contributed by atoms with Crippen LogP contribution >= 0.6 is 0 Å². The van der Waals surface area contributed by atoms with E-state index < -0.39 is 17.5 Å². The van der Waals surface area contributed by atoms with E-state index in [1.165, 1.54) is 0 Å². The molecule has 1 aliphatic heterocycles. The second-order valence-electron chi connectivity index (χ2n) is 7.86. The first-order valence-electron chi connectivity index (χ1n) is 9.86. The molecular formula is C23H27N3O3. The molecule has 2 atom stereocenters. The third kappa shape index (κ3) is 4.31. The maximum absolute atomic E-state index is 13.5. The maximum atomic E-state index is 13.5. The molecule has 0 bridgehead atoms. The third-order valence-corrected chi connectivity index (χ3v) is 5.44. The monoisotopic (exact) mass is 393 g/mol. The molecule has 0 unspecified atom stereocenters. The van der Waals surface area contributed by atoms with Crippen LogP contribution in [0, 0.1) is 5.92 Å². The van der Waals surface area contributed by atoms with E-state index in [4.69, 9.17) is 0 Å². The summed E-state index contributed by atoms with van der Waals surface area (Å²) < 4.78 is 0. The van der Waals surface area contributed by atoms with Gasteiger partial charge in [0.1, 0.15) is 6.54 Å². The van der Waals surface area contributed by atoms with Crippen LogP contribution < -0.4 is 10.6 Å². The molecule has 2 aromatic carbocycles. The minimum Gasteiger partial charge on any atom is -0.352 e. The van der Waals surface area contributed by atoms with Crippen molar-refractivity contribution in [2.24, 2.45) is 5.92 Å². The van der Waals surface area contributed by atoms with Gasteiger partial charge in [0.15, 0.2) is 5.54 Å². The first-order chi connectivity index (χ1) is 13.8. The van der Waals surface area contributed by atoms with Gasteiger partial charge < -0.3 is 10.6 Å². The third-order valence-electron chi connectivity index (χ3n) is 5.44. The molecule has 29 heavy (non-hydrogen) atoms. The highest BCUT2D eigenvalue weighted by Gasteiger charge is 2.52. The standard InChI is InChI=1S/C23H27N3O3/c1-16(2)17(3)24-20(27)15-26-21(28)23(25-22(26)29,19-12-8-5-9-13-19)14-18-10-6-4-7-11-18/h4-13,16-17H,14-15H2,1-3H3,(H,24,27)(H,25,29)/t17-,23+/m0/s1. The van der Waals surface area contributed by atoms with E-state index in [9.17, 15) is 14.4 Å². The molecule has 6 heteroatoms. The molecule has 0 aromatic heterocycles. The SMILES string of the molecule is CC(C)[C@H](C)NC(=O)CN1C(=O)N[C@](Cc2ccccc2)(c2ccccc2)C1=O. The zero-order valence-corrected chi connectivity index (χ0v) is 17.0. The van der Waals surface area contributed by atoms with Gasteiger partial charge in [0, 0.05) is 12.5 Å². The number of hydrogen-bond acceptors (Lipinski definition) is 3. The minimum atomic E-state index is -1.23. The van der Waals surface area contributed by atoms with Crippen molar-refractivity contribution in [1.82, 2.24) is 15.5 Å². The summed E-state index contributed by atoms with van der Waals surface area (Å²) in [7, 11) is 0. The number of carbonyl (C=O) groups is 3. The highest BCUT2D eigenvalue weighted by atomic mass is 16.2. The predicted molar refractivity (Wildman–Crippen MR) is 111 cm³/mol. The molecule has 1 saturated heterocycles. The minimum absolute atomic E-state index is 0.0496. The molecule has 6 nitrogen and oxygen atoms in total. The Morgan fingerprint density at radius 3 is 2.17 bits per heavy atom. The van der Waals surface area contributed by atoms with Crippen molar-refractivity contribution in [3.05, 3.63) is 71.8 Å². The number of amides is 4. The van der Waals surface area contributed by atoms with Crippen LogP contribution in [0.1, 0.15) is 31.9 Å². The number of nitrogens with one attached hydrogen (secondary N) is 2. The van der Waals surface area contributed by atoms with Gasteiger partial charge in [-0.1, -0.05) is 74.5 Å². The normalized spacial score (nSPS) is 19.9. The van der Waals surface area contributed by atoms with Gasteiger partial charge in [0.25, 0.3) is 5.91 Å². The van der Waals surface area contributed by atoms with E-state index in [2.05, 4.69) is 10.6 Å². The van der Waals surface area contributed by atoms with E-state index in [-0.39, 0.29) is 24.4 Å². The van der Waals surface area contributed by atoms with E-state index in [0.29, 0.717) is 12.0 Å². The predicted octanol–water partition coefficient (Wildman–Crippen LogP) is 2.84. The fourth-order valence-corrected chi connectivity index (χ4v) is 3.42. The van der Waals surface area contributed by atoms with Gasteiger partial charge in [0.05, 0.1) is 0 Å². The lowest BCUT2D eigenvalue weighted by molar-refractivity contribution is -0.135. The number of rotatable bonds is 7. The molecule has 152 valence electrons. The van der Waals surface area contributed by atoms with Crippen molar-refractivity contribution < 1.29 is 14.4 Å². The molecule has 4 amide bonds. The summed E-state index contributed by atoms with van der Waals surface area (Å²) in [5.74, 6) is -0.508. The zero-order chi connectivity index (χ0) is 21.0. The summed E-state index contributed by atoms with van der Waals surface area (Å²) in [5.41, 5.74) is 0.384. The Morgan fingerprint density at radius 2 is 1.59 bits per heavy atom. The Morgan fingerprint density at radius 1 is 1.00 bits per heavy atom. The van der Waals surface area contributed by atoms with Crippen LogP contribution in [0.25, 0.3) is 0 Å². The van der Waals surface area contributed by atoms with Crippen LogP contribution in [0.4, 0.5) is 4.79 Å². The Labute approximate surface area is 171 Å². The van der Waals surface area contributed by atoms with E-state index in [1.54, 1.807) is 0 Å². The van der Waals surface area contributed by atoms with Crippen LogP contribution in [-0.2, 0) is 21.5 Å². The topological polar surface area (TPSA) is 78.5 Å². The fourth-order valence-electron chi connectivity index (χ4n) is 3.42. The van der Waals surface area contributed by atoms with Crippen molar-refractivity contribution in [3.63, 3.8) is 0 Å². The lowest BCUT2D eigenvalue weighted by Gasteiger charge is -2.27. The van der Waals surface area contributed by atoms with Crippen molar-refractivity contribution in [3.8, 4) is 0 Å². The summed E-state index contributed by atoms with van der Waals surface area (Å²) in [6.07, 6.45) is 0.308.